The van der Waals surface area contributed by atoms with Crippen LogP contribution in [0.2, 0.25) is 0 Å². The lowest BCUT2D eigenvalue weighted by Gasteiger charge is -2.32. The number of imidazole rings is 1. The van der Waals surface area contributed by atoms with Crippen molar-refractivity contribution >= 4 is 29.7 Å². The monoisotopic (exact) mass is 613 g/mol. The standard InChI is InChI=1S/C28H31N7O2.C4H4O4/c1-33-14-16-34(17-15-33)26(36)13-7-8-22-20-35(23-9-3-2-4-10-23)28(31-22)32-27(37)25-12-6-5-11-24(25)21-18-29-30-19-21;5-3(6)1-2-4(7)8/h2-6,9-12,18-20H,7-8,13-17H2,1H3,(H,29,30)(H,31,32,37);1-2H,(H,5,6)(H,7,8)/b;2-1+. The van der Waals surface area contributed by atoms with Crippen LogP contribution in [0.5, 0.6) is 0 Å². The number of hydrogen-bond donors (Lipinski definition) is 4. The number of likely N-dealkylation sites (N-methyl/N-ethyl adjacent to an activating group) is 1. The largest absolute Gasteiger partial charge is 0.478 e. The number of aliphatic carboxylic acids is 2. The van der Waals surface area contributed by atoms with E-state index < -0.39 is 11.9 Å². The smallest absolute Gasteiger partial charge is 0.328 e. The average molecular weight is 614 g/mol. The lowest BCUT2D eigenvalue weighted by molar-refractivity contribution is -0.134. The highest BCUT2D eigenvalue weighted by Crippen LogP contribution is 2.24. The third kappa shape index (κ3) is 9.46. The number of carboxylic acids is 2. The molecule has 4 N–H and O–H groups in total. The number of aryl methyl sites for hydroxylation is 1. The van der Waals surface area contributed by atoms with E-state index in [1.165, 1.54) is 0 Å². The molecule has 2 aromatic heterocycles. The number of anilines is 1. The predicted octanol–water partition coefficient (Wildman–Crippen LogP) is 3.32. The van der Waals surface area contributed by atoms with E-state index in [0.717, 1.165) is 48.7 Å². The zero-order valence-corrected chi connectivity index (χ0v) is 24.8. The van der Waals surface area contributed by atoms with Gasteiger partial charge < -0.3 is 20.0 Å². The van der Waals surface area contributed by atoms with Crippen LogP contribution in [0.3, 0.4) is 0 Å². The third-order valence-corrected chi connectivity index (χ3v) is 7.04. The first kappa shape index (κ1) is 32.4. The summed E-state index contributed by atoms with van der Waals surface area (Å²) in [6, 6.07) is 17.2. The second-order valence-electron chi connectivity index (χ2n) is 10.3. The molecule has 1 aliphatic heterocycles. The maximum atomic E-state index is 13.4. The van der Waals surface area contributed by atoms with Gasteiger partial charge in [0, 0.05) is 74.0 Å². The summed E-state index contributed by atoms with van der Waals surface area (Å²) in [4.78, 5) is 54.1. The minimum atomic E-state index is -1.26. The number of hydrogen-bond acceptors (Lipinski definition) is 7. The summed E-state index contributed by atoms with van der Waals surface area (Å²) in [7, 11) is 2.08. The van der Waals surface area contributed by atoms with Crippen LogP contribution in [0, 0.1) is 0 Å². The minimum absolute atomic E-state index is 0.194. The topological polar surface area (TPSA) is 174 Å². The molecule has 0 aliphatic carbocycles. The van der Waals surface area contributed by atoms with Crippen LogP contribution in [0.1, 0.15) is 28.9 Å². The first-order valence-corrected chi connectivity index (χ1v) is 14.3. The van der Waals surface area contributed by atoms with E-state index in [9.17, 15) is 19.2 Å². The van der Waals surface area contributed by atoms with Crippen molar-refractivity contribution in [1.29, 1.82) is 0 Å². The summed E-state index contributed by atoms with van der Waals surface area (Å²) in [5.74, 6) is -2.13. The van der Waals surface area contributed by atoms with Gasteiger partial charge in [-0.15, -0.1) is 0 Å². The Morgan fingerprint density at radius 2 is 1.60 bits per heavy atom. The maximum absolute atomic E-state index is 13.4. The van der Waals surface area contributed by atoms with Crippen LogP contribution < -0.4 is 5.32 Å². The molecule has 0 spiro atoms. The van der Waals surface area contributed by atoms with Crippen molar-refractivity contribution in [2.45, 2.75) is 19.3 Å². The number of amides is 2. The van der Waals surface area contributed by atoms with Crippen molar-refractivity contribution in [2.75, 3.05) is 38.5 Å². The molecule has 45 heavy (non-hydrogen) atoms. The van der Waals surface area contributed by atoms with Gasteiger partial charge in [-0.05, 0) is 43.7 Å². The second kappa shape index (κ2) is 15.8. The molecule has 3 heterocycles. The molecule has 13 nitrogen and oxygen atoms in total. The number of carbonyl (C=O) groups excluding carboxylic acids is 2. The van der Waals surface area contributed by atoms with Crippen molar-refractivity contribution in [1.82, 2.24) is 29.5 Å². The molecule has 1 aliphatic rings. The van der Waals surface area contributed by atoms with Gasteiger partial charge in [0.05, 0.1) is 11.9 Å². The molecule has 0 unspecified atom stereocenters. The van der Waals surface area contributed by atoms with Gasteiger partial charge in [-0.3, -0.25) is 24.6 Å². The minimum Gasteiger partial charge on any atom is -0.478 e. The van der Waals surface area contributed by atoms with Crippen molar-refractivity contribution in [3.63, 3.8) is 0 Å². The fraction of sp³-hybridized carbons (Fsp3) is 0.250. The van der Waals surface area contributed by atoms with Gasteiger partial charge in [0.2, 0.25) is 11.9 Å². The number of benzene rings is 2. The molecular formula is C32H35N7O6. The van der Waals surface area contributed by atoms with Gasteiger partial charge in [0.25, 0.3) is 5.91 Å². The number of piperazine rings is 1. The zero-order chi connectivity index (χ0) is 32.2. The molecule has 0 saturated carbocycles. The summed E-state index contributed by atoms with van der Waals surface area (Å²) in [6.45, 7) is 3.41. The number of H-pyrrole nitrogens is 1. The fourth-order valence-electron chi connectivity index (χ4n) is 4.70. The average Bonchev–Trinajstić information content (AvgIpc) is 3.72. The molecule has 0 atom stereocenters. The molecule has 2 aromatic carbocycles. The SMILES string of the molecule is CN1CCN(C(=O)CCCc2cn(-c3ccccc3)c(NC(=O)c3ccccc3-c3cn[nH]c3)n2)CC1.O=C(O)/C=C/C(=O)O. The van der Waals surface area contributed by atoms with E-state index >= 15 is 0 Å². The molecule has 0 bridgehead atoms. The summed E-state index contributed by atoms with van der Waals surface area (Å²) in [5.41, 5.74) is 3.88. The van der Waals surface area contributed by atoms with Gasteiger partial charge in [-0.25, -0.2) is 14.6 Å². The number of carbonyl (C=O) groups is 4. The maximum Gasteiger partial charge on any atom is 0.328 e. The van der Waals surface area contributed by atoms with Gasteiger partial charge in [-0.1, -0.05) is 36.4 Å². The van der Waals surface area contributed by atoms with Crippen LogP contribution in [0.25, 0.3) is 16.8 Å². The van der Waals surface area contributed by atoms with Gasteiger partial charge in [-0.2, -0.15) is 5.10 Å². The number of nitrogens with one attached hydrogen (secondary N) is 2. The molecule has 1 saturated heterocycles. The lowest BCUT2D eigenvalue weighted by Crippen LogP contribution is -2.47. The number of rotatable bonds is 10. The quantitative estimate of drug-likeness (QED) is 0.196. The first-order valence-electron chi connectivity index (χ1n) is 14.3. The number of aromatic amines is 1. The highest BCUT2D eigenvalue weighted by atomic mass is 16.4. The first-order chi connectivity index (χ1) is 21.7. The van der Waals surface area contributed by atoms with Gasteiger partial charge in [0.1, 0.15) is 0 Å². The molecule has 0 radical (unpaired) electrons. The Kier molecular flexibility index (Phi) is 11.3. The molecule has 4 aromatic rings. The van der Waals surface area contributed by atoms with Crippen LogP contribution in [0.4, 0.5) is 5.95 Å². The Balaban J connectivity index is 0.000000510. The van der Waals surface area contributed by atoms with Crippen LogP contribution in [0.15, 0.2) is 85.3 Å². The van der Waals surface area contributed by atoms with E-state index in [0.29, 0.717) is 42.9 Å². The summed E-state index contributed by atoms with van der Waals surface area (Å²) in [5, 5.41) is 25.4. The third-order valence-electron chi connectivity index (χ3n) is 7.04. The number of para-hydroxylation sites is 1. The van der Waals surface area contributed by atoms with Crippen molar-refractivity contribution in [3.05, 3.63) is 96.6 Å². The van der Waals surface area contributed by atoms with Crippen molar-refractivity contribution in [3.8, 4) is 16.8 Å². The van der Waals surface area contributed by atoms with Gasteiger partial charge in [0.15, 0.2) is 0 Å². The van der Waals surface area contributed by atoms with Crippen molar-refractivity contribution in [2.24, 2.45) is 0 Å². The molecule has 1 fully saturated rings. The Bertz CT molecular complexity index is 1610. The Morgan fingerprint density at radius 1 is 0.933 bits per heavy atom. The van der Waals surface area contributed by atoms with E-state index in [1.54, 1.807) is 18.5 Å². The summed E-state index contributed by atoms with van der Waals surface area (Å²) >= 11 is 0. The van der Waals surface area contributed by atoms with E-state index in [4.69, 9.17) is 15.2 Å². The van der Waals surface area contributed by atoms with Crippen LogP contribution in [-0.2, 0) is 20.8 Å². The van der Waals surface area contributed by atoms with Crippen molar-refractivity contribution < 1.29 is 29.4 Å². The normalized spacial score (nSPS) is 13.2. The highest BCUT2D eigenvalue weighted by molar-refractivity contribution is 6.08. The Morgan fingerprint density at radius 3 is 2.24 bits per heavy atom. The summed E-state index contributed by atoms with van der Waals surface area (Å²) in [6.07, 6.45) is 8.35. The number of aromatic nitrogens is 4. The highest BCUT2D eigenvalue weighted by Gasteiger charge is 2.20. The molecule has 5 rings (SSSR count). The Labute approximate surface area is 259 Å². The molecule has 234 valence electrons. The molecular weight excluding hydrogens is 578 g/mol. The number of carboxylic acid groups (broad SMARTS) is 2. The predicted molar refractivity (Wildman–Crippen MR) is 167 cm³/mol. The van der Waals surface area contributed by atoms with Gasteiger partial charge >= 0.3 is 11.9 Å². The van der Waals surface area contributed by atoms with Crippen LogP contribution in [-0.4, -0.2) is 96.7 Å². The number of nitrogens with zero attached hydrogens (tertiary/aromatic N) is 5. The molecule has 13 heteroatoms. The molecule has 2 amide bonds. The van der Waals surface area contributed by atoms with Crippen LogP contribution >= 0.6 is 0 Å². The zero-order valence-electron chi connectivity index (χ0n) is 24.8. The lowest BCUT2D eigenvalue weighted by atomic mass is 10.0. The van der Waals surface area contributed by atoms with E-state index in [2.05, 4.69) is 27.5 Å². The second-order valence-corrected chi connectivity index (χ2v) is 10.3. The van der Waals surface area contributed by atoms with E-state index in [-0.39, 0.29) is 11.8 Å². The van der Waals surface area contributed by atoms with E-state index in [1.807, 2.05) is 64.2 Å². The fourth-order valence-corrected chi connectivity index (χ4v) is 4.70. The summed E-state index contributed by atoms with van der Waals surface area (Å²) < 4.78 is 1.88. The Hall–Kier alpha value is -5.56.